The van der Waals surface area contributed by atoms with Crippen molar-refractivity contribution < 1.29 is 12.8 Å². The third-order valence-corrected chi connectivity index (χ3v) is 6.40. The molecule has 0 unspecified atom stereocenters. The molecule has 5 nitrogen and oxygen atoms in total. The Hall–Kier alpha value is -1.22. The first-order valence-electron chi connectivity index (χ1n) is 5.72. The third-order valence-electron chi connectivity index (χ3n) is 2.66. The minimum Gasteiger partial charge on any atom is -0.465 e. The standard InChI is InChI=1S/C12H14N2O3S3/c1-8-3-4-9(17-8)7-14(2)20(15,16)11-6-5-10(19-11)12(13)18/h3-6H,7H2,1-2H3,(H2,13,18). The van der Waals surface area contributed by atoms with Crippen molar-refractivity contribution in [2.45, 2.75) is 17.7 Å². The molecule has 0 aliphatic heterocycles. The van der Waals surface area contributed by atoms with Crippen LogP contribution in [-0.2, 0) is 16.6 Å². The Morgan fingerprint density at radius 2 is 2.10 bits per heavy atom. The van der Waals surface area contributed by atoms with Crippen molar-refractivity contribution in [3.05, 3.63) is 40.7 Å². The quantitative estimate of drug-likeness (QED) is 0.850. The monoisotopic (exact) mass is 330 g/mol. The molecule has 0 atom stereocenters. The number of thiophene rings is 1. The zero-order chi connectivity index (χ0) is 14.9. The largest absolute Gasteiger partial charge is 0.465 e. The van der Waals surface area contributed by atoms with Crippen LogP contribution in [0.1, 0.15) is 16.4 Å². The van der Waals surface area contributed by atoms with Gasteiger partial charge in [-0.15, -0.1) is 11.3 Å². The second-order valence-corrected chi connectivity index (χ2v) is 8.05. The summed E-state index contributed by atoms with van der Waals surface area (Å²) in [7, 11) is -2.06. The van der Waals surface area contributed by atoms with E-state index in [1.165, 1.54) is 17.4 Å². The fraction of sp³-hybridized carbons (Fsp3) is 0.250. The highest BCUT2D eigenvalue weighted by Gasteiger charge is 2.24. The Balaban J connectivity index is 2.22. The molecule has 20 heavy (non-hydrogen) atoms. The van der Waals surface area contributed by atoms with Crippen LogP contribution >= 0.6 is 23.6 Å². The van der Waals surface area contributed by atoms with Gasteiger partial charge in [-0.1, -0.05) is 12.2 Å². The van der Waals surface area contributed by atoms with Gasteiger partial charge in [-0.25, -0.2) is 8.42 Å². The summed E-state index contributed by atoms with van der Waals surface area (Å²) in [5, 5.41) is 0. The normalized spacial score (nSPS) is 11.9. The molecule has 0 bridgehead atoms. The number of nitrogens with zero attached hydrogens (tertiary/aromatic N) is 1. The van der Waals surface area contributed by atoms with Crippen molar-refractivity contribution >= 4 is 38.6 Å². The van der Waals surface area contributed by atoms with Crippen molar-refractivity contribution in [3.8, 4) is 0 Å². The van der Waals surface area contributed by atoms with Crippen LogP contribution in [0.5, 0.6) is 0 Å². The predicted octanol–water partition coefficient (Wildman–Crippen LogP) is 2.10. The molecule has 0 spiro atoms. The highest BCUT2D eigenvalue weighted by molar-refractivity contribution is 7.91. The first-order valence-corrected chi connectivity index (χ1v) is 8.38. The lowest BCUT2D eigenvalue weighted by Crippen LogP contribution is -2.25. The minimum absolute atomic E-state index is 0.177. The molecule has 0 saturated heterocycles. The van der Waals surface area contributed by atoms with Crippen LogP contribution in [0.25, 0.3) is 0 Å². The van der Waals surface area contributed by atoms with Crippen LogP contribution in [0.4, 0.5) is 0 Å². The van der Waals surface area contributed by atoms with Gasteiger partial charge in [-0.3, -0.25) is 0 Å². The van der Waals surface area contributed by atoms with E-state index in [0.29, 0.717) is 10.6 Å². The lowest BCUT2D eigenvalue weighted by Gasteiger charge is -2.14. The summed E-state index contributed by atoms with van der Waals surface area (Å²) in [5.41, 5.74) is 5.49. The zero-order valence-electron chi connectivity index (χ0n) is 11.0. The molecule has 0 aliphatic carbocycles. The second kappa shape index (κ2) is 5.65. The molecule has 0 amide bonds. The molecule has 2 aromatic rings. The summed E-state index contributed by atoms with van der Waals surface area (Å²) in [5.74, 6) is 1.34. The molecule has 2 N–H and O–H groups in total. The van der Waals surface area contributed by atoms with Gasteiger partial charge < -0.3 is 10.2 Å². The van der Waals surface area contributed by atoms with Crippen molar-refractivity contribution in [3.63, 3.8) is 0 Å². The van der Waals surface area contributed by atoms with E-state index in [2.05, 4.69) is 0 Å². The number of nitrogens with two attached hydrogens (primary N) is 1. The molecule has 0 aromatic carbocycles. The van der Waals surface area contributed by atoms with Gasteiger partial charge >= 0.3 is 0 Å². The smallest absolute Gasteiger partial charge is 0.252 e. The van der Waals surface area contributed by atoms with E-state index < -0.39 is 10.0 Å². The van der Waals surface area contributed by atoms with Gasteiger partial charge in [0.15, 0.2) is 0 Å². The second-order valence-electron chi connectivity index (χ2n) is 4.26. The molecule has 108 valence electrons. The molecule has 0 aliphatic rings. The number of furan rings is 1. The molecule has 8 heteroatoms. The minimum atomic E-state index is -3.56. The van der Waals surface area contributed by atoms with Crippen LogP contribution in [0, 0.1) is 6.92 Å². The Bertz CT molecular complexity index is 731. The van der Waals surface area contributed by atoms with Gasteiger partial charge in [0.05, 0.1) is 11.4 Å². The van der Waals surface area contributed by atoms with E-state index in [1.54, 1.807) is 18.2 Å². The van der Waals surface area contributed by atoms with Gasteiger partial charge in [0.1, 0.15) is 20.7 Å². The molecule has 0 radical (unpaired) electrons. The summed E-state index contributed by atoms with van der Waals surface area (Å²) in [4.78, 5) is 0.779. The average molecular weight is 330 g/mol. The molecular formula is C12H14N2O3S3. The van der Waals surface area contributed by atoms with Crippen LogP contribution < -0.4 is 5.73 Å². The summed E-state index contributed by atoms with van der Waals surface area (Å²) in [6, 6.07) is 6.69. The third kappa shape index (κ3) is 3.09. The highest BCUT2D eigenvalue weighted by atomic mass is 32.2. The van der Waals surface area contributed by atoms with E-state index in [4.69, 9.17) is 22.4 Å². The summed E-state index contributed by atoms with van der Waals surface area (Å²) < 4.78 is 31.6. The molecule has 2 aromatic heterocycles. The Morgan fingerprint density at radius 3 is 2.60 bits per heavy atom. The summed E-state index contributed by atoms with van der Waals surface area (Å²) in [6.45, 7) is 1.99. The number of thiocarbonyl (C=S) groups is 1. The van der Waals surface area contributed by atoms with E-state index in [0.717, 1.165) is 17.1 Å². The summed E-state index contributed by atoms with van der Waals surface area (Å²) >= 11 is 5.90. The van der Waals surface area contributed by atoms with Crippen molar-refractivity contribution in [1.82, 2.24) is 4.31 Å². The Morgan fingerprint density at radius 1 is 1.40 bits per heavy atom. The van der Waals surface area contributed by atoms with E-state index in [-0.39, 0.29) is 15.7 Å². The number of hydrogen-bond acceptors (Lipinski definition) is 5. The Labute approximate surface area is 127 Å². The van der Waals surface area contributed by atoms with Gasteiger partial charge in [0, 0.05) is 7.05 Å². The van der Waals surface area contributed by atoms with E-state index in [9.17, 15) is 8.42 Å². The van der Waals surface area contributed by atoms with E-state index in [1.807, 2.05) is 6.92 Å². The first kappa shape index (κ1) is 15.2. The van der Waals surface area contributed by atoms with Crippen LogP contribution in [-0.4, -0.2) is 24.8 Å². The first-order chi connectivity index (χ1) is 9.30. The number of aryl methyl sites for hydroxylation is 1. The SMILES string of the molecule is Cc1ccc(CN(C)S(=O)(=O)c2ccc(C(N)=S)s2)o1. The van der Waals surface area contributed by atoms with Crippen LogP contribution in [0.15, 0.2) is 32.9 Å². The Kier molecular flexibility index (Phi) is 4.28. The molecule has 0 fully saturated rings. The zero-order valence-corrected chi connectivity index (χ0v) is 13.4. The van der Waals surface area contributed by atoms with Crippen molar-refractivity contribution in [2.24, 2.45) is 5.73 Å². The van der Waals surface area contributed by atoms with Gasteiger partial charge in [-0.05, 0) is 31.2 Å². The maximum absolute atomic E-state index is 12.4. The lowest BCUT2D eigenvalue weighted by atomic mass is 10.4. The predicted molar refractivity (Wildman–Crippen MR) is 82.3 cm³/mol. The average Bonchev–Trinajstić information content (AvgIpc) is 2.98. The van der Waals surface area contributed by atoms with Gasteiger partial charge in [0.2, 0.25) is 0 Å². The maximum Gasteiger partial charge on any atom is 0.252 e. The fourth-order valence-corrected chi connectivity index (χ4v) is 4.32. The van der Waals surface area contributed by atoms with Gasteiger partial charge in [0.25, 0.3) is 10.0 Å². The number of rotatable bonds is 5. The molecule has 2 heterocycles. The lowest BCUT2D eigenvalue weighted by molar-refractivity contribution is 0.398. The molecule has 2 rings (SSSR count). The van der Waals surface area contributed by atoms with Gasteiger partial charge in [-0.2, -0.15) is 4.31 Å². The number of sulfonamides is 1. The summed E-state index contributed by atoms with van der Waals surface area (Å²) in [6.07, 6.45) is 0. The topological polar surface area (TPSA) is 76.5 Å². The number of hydrogen-bond donors (Lipinski definition) is 1. The van der Waals surface area contributed by atoms with Crippen molar-refractivity contribution in [2.75, 3.05) is 7.05 Å². The van der Waals surface area contributed by atoms with E-state index >= 15 is 0 Å². The highest BCUT2D eigenvalue weighted by Crippen LogP contribution is 2.25. The fourth-order valence-electron chi connectivity index (χ4n) is 1.62. The van der Waals surface area contributed by atoms with Crippen LogP contribution in [0.3, 0.4) is 0 Å². The van der Waals surface area contributed by atoms with Crippen molar-refractivity contribution in [1.29, 1.82) is 0 Å². The molecule has 0 saturated carbocycles. The molecular weight excluding hydrogens is 316 g/mol. The maximum atomic E-state index is 12.4. The van der Waals surface area contributed by atoms with Crippen LogP contribution in [0.2, 0.25) is 0 Å².